The Hall–Kier alpha value is 0.280. The number of rotatable bonds is 38. The van der Waals surface area contributed by atoms with Gasteiger partial charge in [0.1, 0.15) is 0 Å². The molecule has 7 heteroatoms. The van der Waals surface area contributed by atoms with Crippen molar-refractivity contribution in [3.63, 3.8) is 0 Å². The first-order chi connectivity index (χ1) is 22.8. The molecule has 0 spiro atoms. The molecule has 0 aromatic rings. The quantitative estimate of drug-likeness (QED) is 0.0222. The first-order valence-electron chi connectivity index (χ1n) is 20.6. The fourth-order valence-corrected chi connectivity index (χ4v) is 7.09. The number of nitrogens with zero attached hydrogens (tertiary/aromatic N) is 1. The third-order valence-electron chi connectivity index (χ3n) is 8.92. The molecule has 0 saturated carbocycles. The van der Waals surface area contributed by atoms with Gasteiger partial charge in [-0.05, 0) is 64.2 Å². The van der Waals surface area contributed by atoms with Gasteiger partial charge in [-0.15, -0.1) is 0 Å². The standard InChI is InChI=1S/C41H84N2O3P.HI/c1-6-8-10-12-14-16-18-20-22-24-26-28-30-32-34-36-40-45-47(44,42-38-39-43(3,4)5)46-41-37-35-33-31-29-27-25-23-21-19-17-15-13-11-9-7-2;/h20-23H,6-19,24-41H2,1-5H3,(H,42,44);1H/q+1;/p-1. The summed E-state index contributed by atoms with van der Waals surface area (Å²) >= 11 is 0. The predicted octanol–water partition coefficient (Wildman–Crippen LogP) is 10.5. The summed E-state index contributed by atoms with van der Waals surface area (Å²) in [5.74, 6) is 0. The highest BCUT2D eigenvalue weighted by molar-refractivity contribution is 7.51. The molecule has 0 unspecified atom stereocenters. The van der Waals surface area contributed by atoms with Gasteiger partial charge >= 0.3 is 7.75 Å². The van der Waals surface area contributed by atoms with E-state index in [0.29, 0.717) is 19.8 Å². The molecule has 0 saturated heterocycles. The number of halogens is 1. The lowest BCUT2D eigenvalue weighted by atomic mass is 10.1. The molecule has 0 aromatic heterocycles. The van der Waals surface area contributed by atoms with E-state index in [2.05, 4.69) is 64.4 Å². The summed E-state index contributed by atoms with van der Waals surface area (Å²) in [5.41, 5.74) is 0. The Morgan fingerprint density at radius 3 is 1.08 bits per heavy atom. The lowest BCUT2D eigenvalue weighted by Crippen LogP contribution is -3.00. The second kappa shape index (κ2) is 38.5. The summed E-state index contributed by atoms with van der Waals surface area (Å²) in [4.78, 5) is 0. The summed E-state index contributed by atoms with van der Waals surface area (Å²) in [6.07, 6.45) is 45.4. The number of allylic oxidation sites excluding steroid dienone is 4. The fourth-order valence-electron chi connectivity index (χ4n) is 5.72. The summed E-state index contributed by atoms with van der Waals surface area (Å²) in [6, 6.07) is 0. The molecule has 0 bridgehead atoms. The van der Waals surface area contributed by atoms with Gasteiger partial charge in [-0.25, -0.2) is 9.65 Å². The van der Waals surface area contributed by atoms with Crippen LogP contribution in [-0.2, 0) is 13.6 Å². The van der Waals surface area contributed by atoms with Crippen molar-refractivity contribution < 1.29 is 42.1 Å². The maximum Gasteiger partial charge on any atom is 0.405 e. The topological polar surface area (TPSA) is 47.6 Å². The van der Waals surface area contributed by atoms with Gasteiger partial charge in [-0.1, -0.05) is 154 Å². The summed E-state index contributed by atoms with van der Waals surface area (Å²) in [6.45, 7) is 7.07. The van der Waals surface area contributed by atoms with Gasteiger partial charge in [-0.3, -0.25) is 9.05 Å². The van der Waals surface area contributed by atoms with Crippen LogP contribution in [0.3, 0.4) is 0 Å². The van der Waals surface area contributed by atoms with E-state index in [0.717, 1.165) is 36.7 Å². The van der Waals surface area contributed by atoms with E-state index in [-0.39, 0.29) is 24.0 Å². The van der Waals surface area contributed by atoms with Gasteiger partial charge in [0.05, 0.1) is 47.4 Å². The van der Waals surface area contributed by atoms with Gasteiger partial charge in [0.25, 0.3) is 0 Å². The highest BCUT2D eigenvalue weighted by atomic mass is 127. The van der Waals surface area contributed by atoms with Crippen molar-refractivity contribution in [1.29, 1.82) is 0 Å². The Morgan fingerprint density at radius 2 is 0.771 bits per heavy atom. The highest BCUT2D eigenvalue weighted by Crippen LogP contribution is 2.44. The summed E-state index contributed by atoms with van der Waals surface area (Å²) in [7, 11) is 3.18. The SMILES string of the molecule is CCCCCCCCC=CCCCCCCCCOP(=O)(NCC[N+](C)(C)C)OCCCCCCCCC=CCCCCCCCC.[I-]. The first kappa shape index (κ1) is 50.4. The number of hydrogen-bond acceptors (Lipinski definition) is 3. The molecular weight excluding hydrogens is 726 g/mol. The van der Waals surface area contributed by atoms with Crippen molar-refractivity contribution in [2.75, 3.05) is 47.4 Å². The molecule has 1 N–H and O–H groups in total. The molecule has 0 amide bonds. The van der Waals surface area contributed by atoms with Gasteiger partial charge in [-0.2, -0.15) is 0 Å². The monoisotopic (exact) mass is 811 g/mol. The number of unbranched alkanes of at least 4 members (excludes halogenated alkanes) is 24. The molecular formula is C41H84IN2O3P. The van der Waals surface area contributed by atoms with E-state index in [1.54, 1.807) is 0 Å². The first-order valence-corrected chi connectivity index (χ1v) is 22.1. The summed E-state index contributed by atoms with van der Waals surface area (Å²) in [5, 5.41) is 3.14. The Labute approximate surface area is 318 Å². The van der Waals surface area contributed by atoms with E-state index < -0.39 is 7.75 Å². The molecule has 5 nitrogen and oxygen atoms in total. The van der Waals surface area contributed by atoms with Crippen LogP contribution in [-0.4, -0.2) is 51.9 Å². The molecule has 0 aliphatic carbocycles. The molecule has 0 radical (unpaired) electrons. The summed E-state index contributed by atoms with van der Waals surface area (Å²) < 4.78 is 26.0. The average Bonchev–Trinajstić information content (AvgIpc) is 3.03. The number of nitrogens with one attached hydrogen (secondary N) is 1. The lowest BCUT2D eigenvalue weighted by molar-refractivity contribution is -0.869. The second-order valence-corrected chi connectivity index (χ2v) is 16.8. The molecule has 48 heavy (non-hydrogen) atoms. The molecule has 0 rings (SSSR count). The third-order valence-corrected chi connectivity index (χ3v) is 10.6. The Morgan fingerprint density at radius 1 is 0.479 bits per heavy atom. The van der Waals surface area contributed by atoms with Crippen LogP contribution in [0.15, 0.2) is 24.3 Å². The Balaban J connectivity index is 0. The van der Waals surface area contributed by atoms with Crippen molar-refractivity contribution in [2.24, 2.45) is 0 Å². The smallest absolute Gasteiger partial charge is 0.405 e. The van der Waals surface area contributed by atoms with Crippen LogP contribution in [0.5, 0.6) is 0 Å². The number of likely N-dealkylation sites (N-methyl/N-ethyl adjacent to an activating group) is 1. The molecule has 0 atom stereocenters. The minimum Gasteiger partial charge on any atom is -1.00 e. The van der Waals surface area contributed by atoms with Crippen LogP contribution in [0.2, 0.25) is 0 Å². The van der Waals surface area contributed by atoms with E-state index >= 15 is 0 Å². The highest BCUT2D eigenvalue weighted by Gasteiger charge is 2.25. The average molecular weight is 811 g/mol. The molecule has 0 aliphatic heterocycles. The molecule has 0 heterocycles. The second-order valence-electron chi connectivity index (χ2n) is 15.0. The van der Waals surface area contributed by atoms with Crippen LogP contribution in [0, 0.1) is 0 Å². The van der Waals surface area contributed by atoms with E-state index in [4.69, 9.17) is 9.05 Å². The lowest BCUT2D eigenvalue weighted by Gasteiger charge is -2.25. The van der Waals surface area contributed by atoms with Gasteiger partial charge in [0, 0.05) is 0 Å². The zero-order chi connectivity index (χ0) is 34.6. The third kappa shape index (κ3) is 40.7. The van der Waals surface area contributed by atoms with Crippen molar-refractivity contribution in [3.05, 3.63) is 24.3 Å². The van der Waals surface area contributed by atoms with Crippen LogP contribution in [0.4, 0.5) is 0 Å². The molecule has 0 aliphatic rings. The van der Waals surface area contributed by atoms with Crippen LogP contribution >= 0.6 is 7.75 Å². The van der Waals surface area contributed by atoms with E-state index in [9.17, 15) is 4.57 Å². The fraction of sp³-hybridized carbons (Fsp3) is 0.902. The Kier molecular flexibility index (Phi) is 40.4. The van der Waals surface area contributed by atoms with Crippen molar-refractivity contribution >= 4 is 7.75 Å². The van der Waals surface area contributed by atoms with Crippen LogP contribution in [0.1, 0.15) is 194 Å². The number of hydrogen-bond donors (Lipinski definition) is 1. The van der Waals surface area contributed by atoms with Crippen molar-refractivity contribution in [3.8, 4) is 0 Å². The zero-order valence-electron chi connectivity index (χ0n) is 32.9. The maximum absolute atomic E-state index is 13.4. The Bertz CT molecular complexity index is 694. The van der Waals surface area contributed by atoms with Crippen LogP contribution < -0.4 is 29.1 Å². The molecule has 0 fully saturated rings. The number of quaternary nitrogens is 1. The van der Waals surface area contributed by atoms with Crippen molar-refractivity contribution in [1.82, 2.24) is 5.09 Å². The van der Waals surface area contributed by atoms with Gasteiger partial charge in [0.15, 0.2) is 0 Å². The van der Waals surface area contributed by atoms with Crippen molar-refractivity contribution in [2.45, 2.75) is 194 Å². The predicted molar refractivity (Wildman–Crippen MR) is 209 cm³/mol. The van der Waals surface area contributed by atoms with Gasteiger partial charge in [0.2, 0.25) is 0 Å². The largest absolute Gasteiger partial charge is 1.00 e. The maximum atomic E-state index is 13.4. The van der Waals surface area contributed by atoms with Gasteiger partial charge < -0.3 is 28.5 Å². The van der Waals surface area contributed by atoms with E-state index in [1.807, 2.05) is 0 Å². The zero-order valence-corrected chi connectivity index (χ0v) is 36.0. The minimum atomic E-state index is -3.26. The van der Waals surface area contributed by atoms with Crippen LogP contribution in [0.25, 0.3) is 0 Å². The minimum absolute atomic E-state index is 0. The molecule has 0 aromatic carbocycles. The molecule has 288 valence electrons. The van der Waals surface area contributed by atoms with E-state index in [1.165, 1.54) is 154 Å². The normalized spacial score (nSPS) is 13.4.